The van der Waals surface area contributed by atoms with Crippen molar-refractivity contribution in [3.8, 4) is 11.1 Å². The van der Waals surface area contributed by atoms with Gasteiger partial charge in [0.05, 0.1) is 18.6 Å². The van der Waals surface area contributed by atoms with Crippen LogP contribution in [0.5, 0.6) is 0 Å². The van der Waals surface area contributed by atoms with Gasteiger partial charge in [0.15, 0.2) is 5.49 Å². The predicted molar refractivity (Wildman–Crippen MR) is 147 cm³/mol. The van der Waals surface area contributed by atoms with Gasteiger partial charge in [0.25, 0.3) is 11.5 Å². The lowest BCUT2D eigenvalue weighted by molar-refractivity contribution is 0.0523. The normalized spacial score (nSPS) is 11.7. The van der Waals surface area contributed by atoms with Crippen molar-refractivity contribution in [1.29, 1.82) is 0 Å². The molecule has 0 N–H and O–H groups in total. The molecule has 0 bridgehead atoms. The highest BCUT2D eigenvalue weighted by Crippen LogP contribution is 2.19. The Hall–Kier alpha value is -4.89. The molecule has 5 aromatic rings. The maximum Gasteiger partial charge on any atom is 0.341 e. The SMILES string of the molecule is CCOC(=O)c1cc2c(=O)n3ccccc3nc2n(CCOC)c1=NC(=O)c1ccc(-c2ccccc2)cc1. The van der Waals surface area contributed by atoms with Crippen LogP contribution in [-0.4, -0.2) is 46.2 Å². The second-order valence-corrected chi connectivity index (χ2v) is 8.69. The standard InChI is InChI=1S/C30H26N4O5/c1-3-39-30(37)24-19-23-26(31-25-11-7-8-16-33(25)29(23)36)34(17-18-38-2)27(24)32-28(35)22-14-12-21(13-15-22)20-9-5-4-6-10-20/h4-16,19H,3,17-18H2,1-2H3. The fraction of sp³-hybridized carbons (Fsp3) is 0.167. The molecule has 39 heavy (non-hydrogen) atoms. The second kappa shape index (κ2) is 11.2. The third-order valence-corrected chi connectivity index (χ3v) is 6.25. The predicted octanol–water partition coefficient (Wildman–Crippen LogP) is 3.88. The van der Waals surface area contributed by atoms with Crippen LogP contribution < -0.4 is 11.0 Å². The maximum atomic E-state index is 13.4. The van der Waals surface area contributed by atoms with Gasteiger partial charge >= 0.3 is 5.97 Å². The first-order valence-corrected chi connectivity index (χ1v) is 12.5. The molecule has 0 atom stereocenters. The summed E-state index contributed by atoms with van der Waals surface area (Å²) in [7, 11) is 1.53. The third kappa shape index (κ3) is 5.12. The fourth-order valence-corrected chi connectivity index (χ4v) is 4.35. The minimum atomic E-state index is -0.700. The number of ether oxygens (including phenoxy) is 2. The van der Waals surface area contributed by atoms with Crippen LogP contribution in [0.25, 0.3) is 27.8 Å². The van der Waals surface area contributed by atoms with Gasteiger partial charge in [0.1, 0.15) is 16.9 Å². The Morgan fingerprint density at radius 2 is 1.67 bits per heavy atom. The van der Waals surface area contributed by atoms with Crippen LogP contribution >= 0.6 is 0 Å². The van der Waals surface area contributed by atoms with Gasteiger partial charge < -0.3 is 14.0 Å². The van der Waals surface area contributed by atoms with E-state index in [1.165, 1.54) is 17.6 Å². The summed E-state index contributed by atoms with van der Waals surface area (Å²) in [5.74, 6) is -1.25. The molecule has 0 saturated heterocycles. The highest BCUT2D eigenvalue weighted by molar-refractivity contribution is 5.97. The lowest BCUT2D eigenvalue weighted by Gasteiger charge is -2.15. The van der Waals surface area contributed by atoms with E-state index in [-0.39, 0.29) is 47.4 Å². The van der Waals surface area contributed by atoms with E-state index in [2.05, 4.69) is 9.98 Å². The Balaban J connectivity index is 1.73. The van der Waals surface area contributed by atoms with Gasteiger partial charge in [-0.25, -0.2) is 9.78 Å². The number of carbonyl (C=O) groups is 2. The summed E-state index contributed by atoms with van der Waals surface area (Å²) >= 11 is 0. The molecule has 0 unspecified atom stereocenters. The molecule has 0 spiro atoms. The van der Waals surface area contributed by atoms with E-state index in [9.17, 15) is 14.4 Å². The minimum absolute atomic E-state index is 0.00973. The van der Waals surface area contributed by atoms with E-state index < -0.39 is 11.9 Å². The van der Waals surface area contributed by atoms with Crippen LogP contribution in [0.4, 0.5) is 0 Å². The number of fused-ring (bicyclic) bond motifs is 2. The minimum Gasteiger partial charge on any atom is -0.462 e. The topological polar surface area (TPSA) is 104 Å². The largest absolute Gasteiger partial charge is 0.462 e. The quantitative estimate of drug-likeness (QED) is 0.237. The Labute approximate surface area is 223 Å². The van der Waals surface area contributed by atoms with E-state index in [4.69, 9.17) is 9.47 Å². The van der Waals surface area contributed by atoms with Crippen LogP contribution in [0.1, 0.15) is 27.6 Å². The van der Waals surface area contributed by atoms with Gasteiger partial charge in [-0.3, -0.25) is 14.0 Å². The number of rotatable bonds is 7. The summed E-state index contributed by atoms with van der Waals surface area (Å²) < 4.78 is 13.5. The molecule has 0 radical (unpaired) electrons. The second-order valence-electron chi connectivity index (χ2n) is 8.69. The summed E-state index contributed by atoms with van der Waals surface area (Å²) in [5.41, 5.74) is 2.69. The summed E-state index contributed by atoms with van der Waals surface area (Å²) in [6, 6.07) is 23.5. The van der Waals surface area contributed by atoms with Crippen molar-refractivity contribution < 1.29 is 19.1 Å². The molecule has 9 heteroatoms. The lowest BCUT2D eigenvalue weighted by Crippen LogP contribution is -2.33. The van der Waals surface area contributed by atoms with E-state index in [1.807, 2.05) is 42.5 Å². The molecule has 9 nitrogen and oxygen atoms in total. The Morgan fingerprint density at radius 3 is 2.38 bits per heavy atom. The molecule has 0 aliphatic heterocycles. The molecule has 0 aliphatic rings. The first-order valence-electron chi connectivity index (χ1n) is 12.5. The van der Waals surface area contributed by atoms with E-state index >= 15 is 0 Å². The number of pyridine rings is 2. The summed E-state index contributed by atoms with van der Waals surface area (Å²) in [4.78, 5) is 48.9. The smallest absolute Gasteiger partial charge is 0.341 e. The molecular formula is C30H26N4O5. The number of amides is 1. The van der Waals surface area contributed by atoms with Gasteiger partial charge in [-0.1, -0.05) is 48.5 Å². The molecule has 3 aromatic heterocycles. The molecule has 196 valence electrons. The fourth-order valence-electron chi connectivity index (χ4n) is 4.35. The van der Waals surface area contributed by atoms with Crippen molar-refractivity contribution in [3.05, 3.63) is 112 Å². The molecule has 5 rings (SSSR count). The van der Waals surface area contributed by atoms with Gasteiger partial charge in [-0.15, -0.1) is 0 Å². The van der Waals surface area contributed by atoms with Gasteiger partial charge in [-0.05, 0) is 48.4 Å². The molecule has 0 aliphatic carbocycles. The number of esters is 1. The van der Waals surface area contributed by atoms with E-state index in [0.29, 0.717) is 11.2 Å². The van der Waals surface area contributed by atoms with Crippen molar-refractivity contribution in [2.45, 2.75) is 13.5 Å². The maximum absolute atomic E-state index is 13.4. The molecule has 3 heterocycles. The molecule has 0 saturated carbocycles. The molecule has 1 amide bonds. The number of hydrogen-bond acceptors (Lipinski definition) is 6. The number of carbonyl (C=O) groups excluding carboxylic acids is 2. The average Bonchev–Trinajstić information content (AvgIpc) is 2.97. The van der Waals surface area contributed by atoms with Crippen molar-refractivity contribution in [2.75, 3.05) is 20.3 Å². The zero-order valence-corrected chi connectivity index (χ0v) is 21.5. The Kier molecular flexibility index (Phi) is 7.42. The zero-order valence-electron chi connectivity index (χ0n) is 21.5. The summed E-state index contributed by atoms with van der Waals surface area (Å²) in [6.07, 6.45) is 1.61. The van der Waals surface area contributed by atoms with Crippen LogP contribution in [0, 0.1) is 0 Å². The number of benzene rings is 2. The van der Waals surface area contributed by atoms with Crippen LogP contribution in [0.15, 0.2) is 94.8 Å². The summed E-state index contributed by atoms with van der Waals surface area (Å²) in [5, 5.41) is 0.191. The highest BCUT2D eigenvalue weighted by Gasteiger charge is 2.20. The molecule has 0 fully saturated rings. The monoisotopic (exact) mass is 522 g/mol. The number of nitrogens with zero attached hydrogens (tertiary/aromatic N) is 4. The summed E-state index contributed by atoms with van der Waals surface area (Å²) in [6.45, 7) is 2.20. The Morgan fingerprint density at radius 1 is 0.949 bits per heavy atom. The van der Waals surface area contributed by atoms with Crippen LogP contribution in [0.3, 0.4) is 0 Å². The first kappa shape index (κ1) is 25.7. The van der Waals surface area contributed by atoms with Gasteiger partial charge in [-0.2, -0.15) is 4.99 Å². The highest BCUT2D eigenvalue weighted by atomic mass is 16.5. The van der Waals surface area contributed by atoms with Crippen molar-refractivity contribution >= 4 is 28.6 Å². The number of methoxy groups -OCH3 is 1. The van der Waals surface area contributed by atoms with Crippen LogP contribution in [-0.2, 0) is 16.0 Å². The molecule has 2 aromatic carbocycles. The third-order valence-electron chi connectivity index (χ3n) is 6.25. The van der Waals surface area contributed by atoms with Crippen molar-refractivity contribution in [1.82, 2.24) is 14.0 Å². The molecular weight excluding hydrogens is 496 g/mol. The number of aromatic nitrogens is 3. The average molecular weight is 523 g/mol. The lowest BCUT2D eigenvalue weighted by atomic mass is 10.0. The van der Waals surface area contributed by atoms with Gasteiger partial charge in [0, 0.05) is 25.4 Å². The van der Waals surface area contributed by atoms with Crippen molar-refractivity contribution in [2.24, 2.45) is 4.99 Å². The van der Waals surface area contributed by atoms with Gasteiger partial charge in [0.2, 0.25) is 0 Å². The van der Waals surface area contributed by atoms with Crippen LogP contribution in [0.2, 0.25) is 0 Å². The zero-order chi connectivity index (χ0) is 27.4. The number of hydrogen-bond donors (Lipinski definition) is 0. The Bertz CT molecular complexity index is 1810. The van der Waals surface area contributed by atoms with E-state index in [0.717, 1.165) is 11.1 Å². The first-order chi connectivity index (χ1) is 19.0. The van der Waals surface area contributed by atoms with Crippen molar-refractivity contribution in [3.63, 3.8) is 0 Å². The van der Waals surface area contributed by atoms with E-state index in [1.54, 1.807) is 48.0 Å².